The van der Waals surface area contributed by atoms with Crippen LogP contribution in [-0.2, 0) is 9.59 Å². The van der Waals surface area contributed by atoms with Crippen LogP contribution >= 0.6 is 11.8 Å². The highest BCUT2D eigenvalue weighted by Gasteiger charge is 2.17. The summed E-state index contributed by atoms with van der Waals surface area (Å²) in [6, 6.07) is 0. The highest BCUT2D eigenvalue weighted by atomic mass is 32.2. The molecule has 0 aromatic rings. The number of ketones is 1. The van der Waals surface area contributed by atoms with Crippen molar-refractivity contribution in [3.05, 3.63) is 0 Å². The smallest absolute Gasteiger partial charge is 0.232 e. The molecule has 0 bridgehead atoms. The second-order valence-corrected chi connectivity index (χ2v) is 4.03. The third kappa shape index (κ3) is 2.85. The van der Waals surface area contributed by atoms with Gasteiger partial charge in [0.15, 0.2) is 0 Å². The van der Waals surface area contributed by atoms with Gasteiger partial charge in [0.25, 0.3) is 0 Å². The molecule has 0 aromatic carbocycles. The van der Waals surface area contributed by atoms with Crippen LogP contribution in [-0.4, -0.2) is 41.2 Å². The number of hydrogen-bond donors (Lipinski definition) is 0. The van der Waals surface area contributed by atoms with Crippen molar-refractivity contribution < 1.29 is 9.59 Å². The van der Waals surface area contributed by atoms with Crippen LogP contribution in [0, 0.1) is 0 Å². The van der Waals surface area contributed by atoms with E-state index in [1.165, 1.54) is 6.92 Å². The third-order valence-electron chi connectivity index (χ3n) is 1.71. The summed E-state index contributed by atoms with van der Waals surface area (Å²) in [7, 11) is 0. The molecule has 1 aliphatic heterocycles. The van der Waals surface area contributed by atoms with Crippen molar-refractivity contribution in [2.75, 3.05) is 24.6 Å². The molecule has 0 atom stereocenters. The number of rotatable bonds is 2. The van der Waals surface area contributed by atoms with Gasteiger partial charge in [0.2, 0.25) is 5.91 Å². The molecule has 1 rings (SSSR count). The van der Waals surface area contributed by atoms with Crippen molar-refractivity contribution in [2.24, 2.45) is 0 Å². The van der Waals surface area contributed by atoms with Crippen molar-refractivity contribution in [3.8, 4) is 0 Å². The van der Waals surface area contributed by atoms with E-state index in [4.69, 9.17) is 0 Å². The minimum Gasteiger partial charge on any atom is -0.335 e. The van der Waals surface area contributed by atoms with Crippen molar-refractivity contribution >= 4 is 23.5 Å². The fourth-order valence-electron chi connectivity index (χ4n) is 1.17. The summed E-state index contributed by atoms with van der Waals surface area (Å²) >= 11 is 1.65. The SMILES string of the molecule is CC(=O)CN1CCCSCC1=O. The second kappa shape index (κ2) is 4.50. The molecule has 0 aliphatic carbocycles. The topological polar surface area (TPSA) is 37.4 Å². The lowest BCUT2D eigenvalue weighted by molar-refractivity contribution is -0.132. The molecule has 0 spiro atoms. The molecule has 1 fully saturated rings. The van der Waals surface area contributed by atoms with E-state index in [1.807, 2.05) is 0 Å². The molecule has 1 saturated heterocycles. The summed E-state index contributed by atoms with van der Waals surface area (Å²) in [6.07, 6.45) is 1.00. The van der Waals surface area contributed by atoms with Gasteiger partial charge < -0.3 is 4.90 Å². The van der Waals surface area contributed by atoms with Gasteiger partial charge in [-0.25, -0.2) is 0 Å². The van der Waals surface area contributed by atoms with Crippen LogP contribution in [0.2, 0.25) is 0 Å². The molecule has 0 unspecified atom stereocenters. The average molecular weight is 187 g/mol. The first-order valence-electron chi connectivity index (χ1n) is 4.05. The van der Waals surface area contributed by atoms with Crippen LogP contribution in [0.1, 0.15) is 13.3 Å². The Balaban J connectivity index is 2.47. The monoisotopic (exact) mass is 187 g/mol. The van der Waals surface area contributed by atoms with Crippen LogP contribution in [0.15, 0.2) is 0 Å². The molecule has 0 radical (unpaired) electrons. The van der Waals surface area contributed by atoms with Crippen LogP contribution in [0.5, 0.6) is 0 Å². The van der Waals surface area contributed by atoms with Crippen molar-refractivity contribution in [2.45, 2.75) is 13.3 Å². The Morgan fingerprint density at radius 2 is 2.42 bits per heavy atom. The lowest BCUT2D eigenvalue weighted by Crippen LogP contribution is -2.35. The number of thioether (sulfide) groups is 1. The van der Waals surface area contributed by atoms with Gasteiger partial charge >= 0.3 is 0 Å². The van der Waals surface area contributed by atoms with E-state index >= 15 is 0 Å². The molecule has 12 heavy (non-hydrogen) atoms. The highest BCUT2D eigenvalue weighted by molar-refractivity contribution is 7.99. The van der Waals surface area contributed by atoms with Crippen LogP contribution in [0.4, 0.5) is 0 Å². The lowest BCUT2D eigenvalue weighted by atomic mass is 10.3. The van der Waals surface area contributed by atoms with Gasteiger partial charge in [0.1, 0.15) is 5.78 Å². The minimum absolute atomic E-state index is 0.0650. The number of Topliss-reactive ketones (excluding diaryl/α,β-unsaturated/α-hetero) is 1. The van der Waals surface area contributed by atoms with Gasteiger partial charge in [-0.05, 0) is 19.1 Å². The largest absolute Gasteiger partial charge is 0.335 e. The average Bonchev–Trinajstić information content (AvgIpc) is 2.16. The van der Waals surface area contributed by atoms with Crippen LogP contribution < -0.4 is 0 Å². The summed E-state index contributed by atoms with van der Waals surface area (Å²) in [4.78, 5) is 23.7. The zero-order valence-electron chi connectivity index (χ0n) is 7.21. The zero-order chi connectivity index (χ0) is 8.97. The summed E-state index contributed by atoms with van der Waals surface area (Å²) in [5.41, 5.74) is 0. The van der Waals surface area contributed by atoms with E-state index < -0.39 is 0 Å². The van der Waals surface area contributed by atoms with Crippen LogP contribution in [0.25, 0.3) is 0 Å². The molecule has 0 saturated carbocycles. The Labute approximate surface area is 76.5 Å². The normalized spacial score (nSPS) is 19.1. The number of hydrogen-bond acceptors (Lipinski definition) is 3. The first-order chi connectivity index (χ1) is 5.70. The number of nitrogens with zero attached hydrogens (tertiary/aromatic N) is 1. The molecule has 68 valence electrons. The summed E-state index contributed by atoms with van der Waals surface area (Å²) in [5.74, 6) is 1.73. The Morgan fingerprint density at radius 1 is 1.67 bits per heavy atom. The summed E-state index contributed by atoms with van der Waals surface area (Å²) in [5, 5.41) is 0. The molecule has 0 aromatic heterocycles. The molecule has 3 nitrogen and oxygen atoms in total. The van der Waals surface area contributed by atoms with Crippen molar-refractivity contribution in [1.82, 2.24) is 4.90 Å². The van der Waals surface area contributed by atoms with Gasteiger partial charge in [-0.15, -0.1) is 0 Å². The molecule has 1 aliphatic rings. The van der Waals surface area contributed by atoms with Crippen molar-refractivity contribution in [1.29, 1.82) is 0 Å². The van der Waals surface area contributed by atoms with Gasteiger partial charge in [0, 0.05) is 6.54 Å². The van der Waals surface area contributed by atoms with Gasteiger partial charge in [0.05, 0.1) is 12.3 Å². The van der Waals surface area contributed by atoms with E-state index in [2.05, 4.69) is 0 Å². The summed E-state index contributed by atoms with van der Waals surface area (Å²) in [6.45, 7) is 2.55. The molecular weight excluding hydrogens is 174 g/mol. The zero-order valence-corrected chi connectivity index (χ0v) is 8.02. The molecule has 1 amide bonds. The third-order valence-corrected chi connectivity index (χ3v) is 2.74. The molecule has 4 heteroatoms. The maximum atomic E-state index is 11.3. The van der Waals surface area contributed by atoms with Crippen molar-refractivity contribution in [3.63, 3.8) is 0 Å². The predicted octanol–water partition coefficient (Wildman–Crippen LogP) is 0.541. The summed E-state index contributed by atoms with van der Waals surface area (Å²) < 4.78 is 0. The standard InChI is InChI=1S/C8H13NO2S/c1-7(10)5-9-3-2-4-12-6-8(9)11/h2-6H2,1H3. The highest BCUT2D eigenvalue weighted by Crippen LogP contribution is 2.10. The van der Waals surface area contributed by atoms with E-state index in [0.717, 1.165) is 18.7 Å². The Hall–Kier alpha value is -0.510. The Bertz CT molecular complexity index is 193. The fraction of sp³-hybridized carbons (Fsp3) is 0.750. The Kier molecular flexibility index (Phi) is 3.59. The number of carbonyl (C=O) groups is 2. The minimum atomic E-state index is 0.0650. The van der Waals surface area contributed by atoms with Gasteiger partial charge in [-0.3, -0.25) is 9.59 Å². The first kappa shape index (κ1) is 9.58. The van der Waals surface area contributed by atoms with E-state index in [9.17, 15) is 9.59 Å². The number of amides is 1. The second-order valence-electron chi connectivity index (χ2n) is 2.92. The van der Waals surface area contributed by atoms with E-state index in [0.29, 0.717) is 12.3 Å². The maximum Gasteiger partial charge on any atom is 0.232 e. The quantitative estimate of drug-likeness (QED) is 0.633. The first-order valence-corrected chi connectivity index (χ1v) is 5.20. The lowest BCUT2D eigenvalue weighted by Gasteiger charge is -2.17. The van der Waals surface area contributed by atoms with Gasteiger partial charge in [-0.2, -0.15) is 11.8 Å². The van der Waals surface area contributed by atoms with E-state index in [1.54, 1.807) is 16.7 Å². The van der Waals surface area contributed by atoms with E-state index in [-0.39, 0.29) is 11.7 Å². The van der Waals surface area contributed by atoms with Gasteiger partial charge in [-0.1, -0.05) is 0 Å². The van der Waals surface area contributed by atoms with Crippen LogP contribution in [0.3, 0.4) is 0 Å². The predicted molar refractivity (Wildman–Crippen MR) is 49.2 cm³/mol. The molecular formula is C8H13NO2S. The fourth-order valence-corrected chi connectivity index (χ4v) is 2.00. The molecule has 1 heterocycles. The maximum absolute atomic E-state index is 11.3. The molecule has 0 N–H and O–H groups in total. The Morgan fingerprint density at radius 3 is 3.08 bits per heavy atom. The number of carbonyl (C=O) groups excluding carboxylic acids is 2.